The highest BCUT2D eigenvalue weighted by atomic mass is 35.5. The Morgan fingerprint density at radius 1 is 1.05 bits per heavy atom. The Hall–Kier alpha value is -4.02. The van der Waals surface area contributed by atoms with Crippen molar-refractivity contribution in [2.75, 3.05) is 14.2 Å². The van der Waals surface area contributed by atoms with Crippen LogP contribution in [0.2, 0.25) is 5.02 Å². The van der Waals surface area contributed by atoms with Crippen molar-refractivity contribution in [1.82, 2.24) is 9.40 Å². The van der Waals surface area contributed by atoms with Crippen LogP contribution in [-0.2, 0) is 10.0 Å². The average molecular weight is 552 g/mol. The van der Waals surface area contributed by atoms with E-state index in [1.165, 1.54) is 30.3 Å². The minimum Gasteiger partial charge on any atom is -0.493 e. The molecule has 0 atom stereocenters. The van der Waals surface area contributed by atoms with Crippen molar-refractivity contribution < 1.29 is 17.9 Å². The van der Waals surface area contributed by atoms with E-state index in [1.54, 1.807) is 42.5 Å². The van der Waals surface area contributed by atoms with E-state index in [1.807, 2.05) is 12.1 Å². The van der Waals surface area contributed by atoms with Crippen LogP contribution >= 0.6 is 11.6 Å². The number of fused-ring (bicyclic) bond motifs is 1. The number of nitrogens with two attached hydrogens (primary N) is 1. The van der Waals surface area contributed by atoms with Crippen molar-refractivity contribution in [3.05, 3.63) is 77.3 Å². The summed E-state index contributed by atoms with van der Waals surface area (Å²) in [5.74, 6) is 0.499. The third-order valence-corrected chi connectivity index (χ3v) is 8.32. The number of halogens is 1. The summed E-state index contributed by atoms with van der Waals surface area (Å²) in [5.41, 5.74) is 11.0. The van der Waals surface area contributed by atoms with Crippen LogP contribution in [0, 0.1) is 11.3 Å². The van der Waals surface area contributed by atoms with Crippen LogP contribution in [0.3, 0.4) is 0 Å². The van der Waals surface area contributed by atoms with Gasteiger partial charge >= 0.3 is 0 Å². The van der Waals surface area contributed by atoms with Gasteiger partial charge in [-0.25, -0.2) is 17.8 Å². The van der Waals surface area contributed by atoms with Gasteiger partial charge in [-0.2, -0.15) is 5.10 Å². The van der Waals surface area contributed by atoms with E-state index < -0.39 is 10.0 Å². The van der Waals surface area contributed by atoms with Crippen LogP contribution < -0.4 is 20.6 Å². The van der Waals surface area contributed by atoms with E-state index in [0.29, 0.717) is 50.0 Å². The minimum atomic E-state index is -4.16. The molecule has 1 saturated carbocycles. The Labute approximate surface area is 225 Å². The van der Waals surface area contributed by atoms with Gasteiger partial charge in [-0.05, 0) is 43.2 Å². The average Bonchev–Trinajstić information content (AvgIpc) is 3.69. The summed E-state index contributed by atoms with van der Waals surface area (Å²) in [7, 11) is -1.21. The van der Waals surface area contributed by atoms with Crippen molar-refractivity contribution in [2.45, 2.75) is 17.7 Å². The first kappa shape index (κ1) is 25.6. The number of aromatic nitrogens is 1. The summed E-state index contributed by atoms with van der Waals surface area (Å²) >= 11 is 6.19. The van der Waals surface area contributed by atoms with Crippen molar-refractivity contribution in [3.63, 3.8) is 0 Å². The molecule has 0 aliphatic heterocycles. The summed E-state index contributed by atoms with van der Waals surface area (Å²) in [5, 5.41) is 13.3. The number of nitrogens with one attached hydrogen (secondary N) is 2. The van der Waals surface area contributed by atoms with Crippen molar-refractivity contribution in [2.24, 2.45) is 16.8 Å². The lowest BCUT2D eigenvalue weighted by molar-refractivity contribution is 0.354. The highest BCUT2D eigenvalue weighted by Gasteiger charge is 2.36. The highest BCUT2D eigenvalue weighted by Crippen LogP contribution is 2.43. The normalized spacial score (nSPS) is 13.9. The van der Waals surface area contributed by atoms with Gasteiger partial charge in [0, 0.05) is 33.5 Å². The number of nitrogens with zero attached hydrogens (tertiary/aromatic N) is 2. The zero-order valence-electron chi connectivity index (χ0n) is 20.7. The van der Waals surface area contributed by atoms with Gasteiger partial charge in [0.2, 0.25) is 5.96 Å². The molecule has 0 amide bonds. The van der Waals surface area contributed by atoms with Crippen LogP contribution in [0.4, 0.5) is 0 Å². The summed E-state index contributed by atoms with van der Waals surface area (Å²) in [6.45, 7) is 0. The molecule has 0 saturated heterocycles. The number of para-hydroxylation sites is 1. The van der Waals surface area contributed by atoms with Gasteiger partial charge in [0.25, 0.3) is 10.0 Å². The lowest BCUT2D eigenvalue weighted by Gasteiger charge is -2.16. The smallest absolute Gasteiger partial charge is 0.268 e. The molecule has 0 radical (unpaired) electrons. The molecule has 196 valence electrons. The summed E-state index contributed by atoms with van der Waals surface area (Å²) in [6.07, 6.45) is 1.78. The molecule has 1 aliphatic rings. The van der Waals surface area contributed by atoms with Crippen LogP contribution in [0.25, 0.3) is 22.2 Å². The number of hydrogen-bond acceptors (Lipinski definition) is 6. The Balaban J connectivity index is 1.88. The Bertz CT molecular complexity index is 1680. The van der Waals surface area contributed by atoms with Crippen LogP contribution in [0.1, 0.15) is 18.4 Å². The van der Waals surface area contributed by atoms with Gasteiger partial charge < -0.3 is 15.2 Å². The molecule has 1 fully saturated rings. The van der Waals surface area contributed by atoms with Crippen molar-refractivity contribution >= 4 is 44.2 Å². The standard InChI is InChI=1S/C27H26ClN5O4S/c1-36-22-14-13-19(15-23(22)37-2)38(34,35)33-21-6-4-3-5-20(21)24(25(16-7-8-16)31-32-27(29)30)26(33)17-9-11-18(28)12-10-17/h3-6,9-16H,7-8H2,1-2H3,(H4,29,30,32). The Kier molecular flexibility index (Phi) is 6.77. The molecule has 3 aromatic carbocycles. The third kappa shape index (κ3) is 4.57. The maximum Gasteiger partial charge on any atom is 0.268 e. The maximum atomic E-state index is 14.4. The number of rotatable bonds is 8. The van der Waals surface area contributed by atoms with Crippen molar-refractivity contribution in [3.8, 4) is 22.8 Å². The van der Waals surface area contributed by atoms with E-state index in [4.69, 9.17) is 32.2 Å². The second kappa shape index (κ2) is 10.0. The molecule has 11 heteroatoms. The molecule has 1 heterocycles. The number of hydrazone groups is 1. The fourth-order valence-electron chi connectivity index (χ4n) is 4.50. The molecular weight excluding hydrogens is 526 g/mol. The summed E-state index contributed by atoms with van der Waals surface area (Å²) < 4.78 is 40.8. The molecule has 4 aromatic rings. The van der Waals surface area contributed by atoms with Crippen LogP contribution in [0.15, 0.2) is 76.7 Å². The van der Waals surface area contributed by atoms with Gasteiger partial charge in [-0.15, -0.1) is 0 Å². The molecule has 5 rings (SSSR count). The van der Waals surface area contributed by atoms with E-state index >= 15 is 0 Å². The molecular formula is C27H26ClN5O4S. The predicted molar refractivity (Wildman–Crippen MR) is 149 cm³/mol. The zero-order chi connectivity index (χ0) is 27.0. The molecule has 0 unspecified atom stereocenters. The molecule has 0 bridgehead atoms. The van der Waals surface area contributed by atoms with E-state index in [2.05, 4.69) is 10.5 Å². The SMILES string of the molecule is COc1ccc(S(=O)(=O)n2c(-c3ccc(Cl)cc3)c(C(=NNC(=N)N)C3CC3)c3ccccc32)cc1OC. The number of ether oxygens (including phenoxy) is 2. The fraction of sp³-hybridized carbons (Fsp3) is 0.185. The second-order valence-electron chi connectivity index (χ2n) is 8.83. The monoisotopic (exact) mass is 551 g/mol. The minimum absolute atomic E-state index is 0.0319. The van der Waals surface area contributed by atoms with E-state index in [-0.39, 0.29) is 16.8 Å². The number of methoxy groups -OCH3 is 2. The Morgan fingerprint density at radius 3 is 2.37 bits per heavy atom. The summed E-state index contributed by atoms with van der Waals surface area (Å²) in [6, 6.07) is 18.8. The maximum absolute atomic E-state index is 14.4. The van der Waals surface area contributed by atoms with Crippen LogP contribution in [0.5, 0.6) is 11.5 Å². The lowest BCUT2D eigenvalue weighted by Crippen LogP contribution is -2.27. The molecule has 9 nitrogen and oxygen atoms in total. The van der Waals surface area contributed by atoms with Crippen LogP contribution in [-0.4, -0.2) is 38.3 Å². The first-order valence-electron chi connectivity index (χ1n) is 11.8. The predicted octanol–water partition coefficient (Wildman–Crippen LogP) is 4.81. The van der Waals surface area contributed by atoms with Gasteiger partial charge in [-0.3, -0.25) is 5.41 Å². The quantitative estimate of drug-likeness (QED) is 0.163. The topological polar surface area (TPSA) is 132 Å². The van der Waals surface area contributed by atoms with Gasteiger partial charge in [0.1, 0.15) is 0 Å². The molecule has 0 spiro atoms. The number of benzene rings is 3. The molecule has 4 N–H and O–H groups in total. The van der Waals surface area contributed by atoms with Gasteiger partial charge in [0.15, 0.2) is 11.5 Å². The van der Waals surface area contributed by atoms with Crippen molar-refractivity contribution in [1.29, 1.82) is 5.41 Å². The molecule has 38 heavy (non-hydrogen) atoms. The van der Waals surface area contributed by atoms with Gasteiger partial charge in [0.05, 0.1) is 36.0 Å². The second-order valence-corrected chi connectivity index (χ2v) is 11.1. The number of hydrogen-bond donors (Lipinski definition) is 3. The van der Waals surface area contributed by atoms with E-state index in [0.717, 1.165) is 12.8 Å². The third-order valence-electron chi connectivity index (χ3n) is 6.36. The molecule has 1 aromatic heterocycles. The lowest BCUT2D eigenvalue weighted by atomic mass is 9.98. The number of guanidine groups is 1. The summed E-state index contributed by atoms with van der Waals surface area (Å²) in [4.78, 5) is 0.0319. The first-order valence-corrected chi connectivity index (χ1v) is 13.6. The Morgan fingerprint density at radius 2 is 1.74 bits per heavy atom. The zero-order valence-corrected chi connectivity index (χ0v) is 22.3. The largest absolute Gasteiger partial charge is 0.493 e. The molecule has 1 aliphatic carbocycles. The first-order chi connectivity index (χ1) is 18.3. The highest BCUT2D eigenvalue weighted by molar-refractivity contribution is 7.90. The fourth-order valence-corrected chi connectivity index (χ4v) is 6.19. The van der Waals surface area contributed by atoms with E-state index in [9.17, 15) is 8.42 Å². The van der Waals surface area contributed by atoms with Gasteiger partial charge in [-0.1, -0.05) is 41.9 Å².